The van der Waals surface area contributed by atoms with Gasteiger partial charge in [-0.15, -0.1) is 11.3 Å². The summed E-state index contributed by atoms with van der Waals surface area (Å²) >= 11 is 5.13. The second-order valence-corrected chi connectivity index (χ2v) is 5.69. The number of carbonyl (C=O) groups is 1. The predicted octanol–water partition coefficient (Wildman–Crippen LogP) is 3.03. The highest BCUT2D eigenvalue weighted by molar-refractivity contribution is 9.10. The maximum Gasteiger partial charge on any atom is 0.236 e. The predicted molar refractivity (Wildman–Crippen MR) is 76.4 cm³/mol. The molecule has 0 aliphatic rings. The van der Waals surface area contributed by atoms with Gasteiger partial charge in [-0.2, -0.15) is 0 Å². The Hall–Kier alpha value is -0.390. The van der Waals surface area contributed by atoms with Crippen LogP contribution in [0.4, 0.5) is 0 Å². The van der Waals surface area contributed by atoms with Crippen LogP contribution < -0.4 is 5.32 Å². The first-order chi connectivity index (χ1) is 8.08. The quantitative estimate of drug-likeness (QED) is 0.874. The van der Waals surface area contributed by atoms with Crippen LogP contribution >= 0.6 is 27.3 Å². The summed E-state index contributed by atoms with van der Waals surface area (Å²) in [5, 5.41) is 5.31. The molecule has 3 nitrogen and oxygen atoms in total. The van der Waals surface area contributed by atoms with E-state index < -0.39 is 0 Å². The van der Waals surface area contributed by atoms with Crippen LogP contribution in [0.25, 0.3) is 0 Å². The Labute approximate surface area is 115 Å². The summed E-state index contributed by atoms with van der Waals surface area (Å²) in [5.74, 6) is 0.164. The third-order valence-electron chi connectivity index (χ3n) is 2.69. The number of thiophene rings is 1. The Bertz CT molecular complexity index is 363. The largest absolute Gasteiger partial charge is 0.342 e. The van der Waals surface area contributed by atoms with Crippen molar-refractivity contribution in [3.05, 3.63) is 20.8 Å². The van der Waals surface area contributed by atoms with Crippen molar-refractivity contribution in [2.75, 3.05) is 19.6 Å². The van der Waals surface area contributed by atoms with Gasteiger partial charge in [0.1, 0.15) is 0 Å². The van der Waals surface area contributed by atoms with Crippen LogP contribution in [0.2, 0.25) is 0 Å². The molecule has 0 bridgehead atoms. The average Bonchev–Trinajstić information content (AvgIpc) is 2.74. The zero-order valence-electron chi connectivity index (χ0n) is 10.5. The third-order valence-corrected chi connectivity index (χ3v) is 4.57. The molecule has 96 valence electrons. The zero-order valence-corrected chi connectivity index (χ0v) is 12.9. The minimum atomic E-state index is 0.164. The van der Waals surface area contributed by atoms with Crippen molar-refractivity contribution < 1.29 is 4.79 Å². The molecule has 5 heteroatoms. The molecule has 0 saturated heterocycles. The van der Waals surface area contributed by atoms with Gasteiger partial charge in [0.2, 0.25) is 5.91 Å². The molecule has 0 saturated carbocycles. The Morgan fingerprint density at radius 1 is 1.53 bits per heavy atom. The summed E-state index contributed by atoms with van der Waals surface area (Å²) in [4.78, 5) is 14.9. The molecule has 1 heterocycles. The van der Waals surface area contributed by atoms with Crippen LogP contribution in [0.15, 0.2) is 15.9 Å². The lowest BCUT2D eigenvalue weighted by Crippen LogP contribution is -2.38. The number of nitrogens with one attached hydrogen (secondary N) is 1. The molecule has 1 aromatic heterocycles. The summed E-state index contributed by atoms with van der Waals surface area (Å²) in [7, 11) is 0. The number of hydrogen-bond acceptors (Lipinski definition) is 3. The molecule has 1 aromatic rings. The molecule has 0 radical (unpaired) electrons. The molecule has 1 rings (SSSR count). The lowest BCUT2D eigenvalue weighted by molar-refractivity contribution is -0.129. The van der Waals surface area contributed by atoms with E-state index >= 15 is 0 Å². The van der Waals surface area contributed by atoms with Crippen LogP contribution in [-0.4, -0.2) is 30.4 Å². The minimum Gasteiger partial charge on any atom is -0.342 e. The first-order valence-electron chi connectivity index (χ1n) is 5.83. The number of halogens is 1. The summed E-state index contributed by atoms with van der Waals surface area (Å²) in [5.41, 5.74) is 0. The van der Waals surface area contributed by atoms with Crippen LogP contribution in [0.1, 0.15) is 31.7 Å². The van der Waals surface area contributed by atoms with Crippen molar-refractivity contribution in [1.29, 1.82) is 0 Å². The van der Waals surface area contributed by atoms with Crippen molar-refractivity contribution in [3.8, 4) is 0 Å². The van der Waals surface area contributed by atoms with Crippen molar-refractivity contribution in [2.45, 2.75) is 26.8 Å². The third kappa shape index (κ3) is 4.41. The first-order valence-corrected chi connectivity index (χ1v) is 7.50. The van der Waals surface area contributed by atoms with Crippen molar-refractivity contribution in [2.24, 2.45) is 0 Å². The fourth-order valence-electron chi connectivity index (χ4n) is 1.58. The van der Waals surface area contributed by atoms with Gasteiger partial charge in [0, 0.05) is 33.9 Å². The topological polar surface area (TPSA) is 32.3 Å². The van der Waals surface area contributed by atoms with E-state index in [0.717, 1.165) is 17.6 Å². The van der Waals surface area contributed by atoms with E-state index in [1.54, 1.807) is 11.3 Å². The molecule has 0 spiro atoms. The second-order valence-electron chi connectivity index (χ2n) is 3.84. The van der Waals surface area contributed by atoms with E-state index in [0.29, 0.717) is 6.54 Å². The van der Waals surface area contributed by atoms with Crippen molar-refractivity contribution >= 4 is 33.2 Å². The summed E-state index contributed by atoms with van der Waals surface area (Å²) in [6.07, 6.45) is 0. The molecule has 0 aliphatic carbocycles. The molecule has 1 unspecified atom stereocenters. The monoisotopic (exact) mass is 318 g/mol. The maximum atomic E-state index is 11.8. The van der Waals surface area contributed by atoms with Crippen molar-refractivity contribution in [3.63, 3.8) is 0 Å². The maximum absolute atomic E-state index is 11.8. The van der Waals surface area contributed by atoms with Gasteiger partial charge >= 0.3 is 0 Å². The molecule has 0 fully saturated rings. The molecular weight excluding hydrogens is 300 g/mol. The summed E-state index contributed by atoms with van der Waals surface area (Å²) < 4.78 is 1.10. The fourth-order valence-corrected chi connectivity index (χ4v) is 3.06. The molecular formula is C12H19BrN2OS. The van der Waals surface area contributed by atoms with E-state index in [4.69, 9.17) is 0 Å². The lowest BCUT2D eigenvalue weighted by Gasteiger charge is -2.20. The number of likely N-dealkylation sites (N-methyl/N-ethyl adjacent to an activating group) is 1. The van der Waals surface area contributed by atoms with E-state index in [9.17, 15) is 4.79 Å². The van der Waals surface area contributed by atoms with Crippen LogP contribution in [-0.2, 0) is 4.79 Å². The molecule has 17 heavy (non-hydrogen) atoms. The van der Waals surface area contributed by atoms with Crippen LogP contribution in [0.5, 0.6) is 0 Å². The highest BCUT2D eigenvalue weighted by Gasteiger charge is 2.12. The molecule has 1 amide bonds. The van der Waals surface area contributed by atoms with Crippen LogP contribution in [0, 0.1) is 0 Å². The molecule has 1 atom stereocenters. The Kier molecular flexibility index (Phi) is 6.16. The Balaban J connectivity index is 2.43. The van der Waals surface area contributed by atoms with Gasteiger partial charge in [0.25, 0.3) is 0 Å². The normalized spacial score (nSPS) is 12.5. The highest BCUT2D eigenvalue weighted by Crippen LogP contribution is 2.25. The molecule has 0 aromatic carbocycles. The zero-order chi connectivity index (χ0) is 12.8. The molecule has 1 N–H and O–H groups in total. The second kappa shape index (κ2) is 7.13. The standard InChI is InChI=1S/C12H19BrN2OS/c1-4-15(5-2)12(16)7-14-9(3)11-6-10(13)8-17-11/h6,8-9,14H,4-5,7H2,1-3H3. The van der Waals surface area contributed by atoms with E-state index in [2.05, 4.69) is 39.6 Å². The van der Waals surface area contributed by atoms with Gasteiger partial charge in [0.15, 0.2) is 0 Å². The first kappa shape index (κ1) is 14.7. The fraction of sp³-hybridized carbons (Fsp3) is 0.583. The van der Waals surface area contributed by atoms with E-state index in [-0.39, 0.29) is 11.9 Å². The minimum absolute atomic E-state index is 0.164. The van der Waals surface area contributed by atoms with E-state index in [1.807, 2.05) is 18.7 Å². The van der Waals surface area contributed by atoms with Crippen molar-refractivity contribution in [1.82, 2.24) is 10.2 Å². The van der Waals surface area contributed by atoms with Gasteiger partial charge in [-0.1, -0.05) is 0 Å². The number of amides is 1. The summed E-state index contributed by atoms with van der Waals surface area (Å²) in [6.45, 7) is 8.03. The Morgan fingerprint density at radius 2 is 2.18 bits per heavy atom. The van der Waals surface area contributed by atoms with E-state index in [1.165, 1.54) is 4.88 Å². The summed E-state index contributed by atoms with van der Waals surface area (Å²) in [6, 6.07) is 2.30. The SMILES string of the molecule is CCN(CC)C(=O)CNC(C)c1cc(Br)cs1. The number of nitrogens with zero attached hydrogens (tertiary/aromatic N) is 1. The van der Waals surface area contributed by atoms with Gasteiger partial charge < -0.3 is 10.2 Å². The van der Waals surface area contributed by atoms with Gasteiger partial charge in [0.05, 0.1) is 6.54 Å². The van der Waals surface area contributed by atoms with Gasteiger partial charge in [-0.3, -0.25) is 4.79 Å². The average molecular weight is 319 g/mol. The number of carbonyl (C=O) groups excluding carboxylic acids is 1. The number of rotatable bonds is 6. The Morgan fingerprint density at radius 3 is 2.65 bits per heavy atom. The van der Waals surface area contributed by atoms with Crippen LogP contribution in [0.3, 0.4) is 0 Å². The van der Waals surface area contributed by atoms with Gasteiger partial charge in [-0.25, -0.2) is 0 Å². The number of hydrogen-bond donors (Lipinski definition) is 1. The lowest BCUT2D eigenvalue weighted by atomic mass is 10.2. The van der Waals surface area contributed by atoms with Gasteiger partial charge in [-0.05, 0) is 42.8 Å². The molecule has 0 aliphatic heterocycles. The highest BCUT2D eigenvalue weighted by atomic mass is 79.9. The smallest absolute Gasteiger partial charge is 0.236 e.